The highest BCUT2D eigenvalue weighted by Gasteiger charge is 2.21. The minimum absolute atomic E-state index is 0.559. The molecule has 0 aromatic carbocycles. The first-order valence-corrected chi connectivity index (χ1v) is 10.3. The number of aromatic nitrogens is 1. The van der Waals surface area contributed by atoms with Crippen molar-refractivity contribution < 1.29 is 0 Å². The second-order valence-electron chi connectivity index (χ2n) is 5.69. The summed E-state index contributed by atoms with van der Waals surface area (Å²) in [5.41, 5.74) is 0. The fourth-order valence-electron chi connectivity index (χ4n) is 2.79. The highest BCUT2D eigenvalue weighted by Crippen LogP contribution is 2.26. The van der Waals surface area contributed by atoms with Crippen LogP contribution in [-0.2, 0) is 12.8 Å². The predicted molar refractivity (Wildman–Crippen MR) is 99.3 cm³/mol. The Morgan fingerprint density at radius 2 is 2.36 bits per heavy atom. The van der Waals surface area contributed by atoms with Crippen molar-refractivity contribution in [2.75, 3.05) is 19.8 Å². The first kappa shape index (κ1) is 17.6. The molecule has 1 aromatic heterocycles. The summed E-state index contributed by atoms with van der Waals surface area (Å²) < 4.78 is 0. The van der Waals surface area contributed by atoms with E-state index in [0.29, 0.717) is 6.04 Å². The van der Waals surface area contributed by atoms with Gasteiger partial charge >= 0.3 is 0 Å². The van der Waals surface area contributed by atoms with Crippen LogP contribution in [0.3, 0.4) is 0 Å². The number of rotatable bonds is 6. The topological polar surface area (TPSA) is 49.3 Å². The van der Waals surface area contributed by atoms with Gasteiger partial charge in [-0.3, -0.25) is 4.99 Å². The van der Waals surface area contributed by atoms with Gasteiger partial charge in [0.25, 0.3) is 0 Å². The van der Waals surface area contributed by atoms with Crippen LogP contribution in [0.1, 0.15) is 42.5 Å². The molecule has 1 heterocycles. The zero-order valence-corrected chi connectivity index (χ0v) is 15.5. The monoisotopic (exact) mass is 340 g/mol. The Bertz CT molecular complexity index is 472. The number of hydrogen-bond acceptors (Lipinski definition) is 4. The van der Waals surface area contributed by atoms with Gasteiger partial charge in [0.15, 0.2) is 5.96 Å². The number of thioether (sulfide) groups is 1. The second kappa shape index (κ2) is 9.40. The summed E-state index contributed by atoms with van der Waals surface area (Å²) in [4.78, 5) is 10.2. The van der Waals surface area contributed by atoms with E-state index in [1.807, 2.05) is 36.3 Å². The Balaban J connectivity index is 1.73. The molecule has 0 saturated heterocycles. The molecule has 0 amide bonds. The highest BCUT2D eigenvalue weighted by molar-refractivity contribution is 7.99. The number of nitrogens with zero attached hydrogens (tertiary/aromatic N) is 2. The van der Waals surface area contributed by atoms with Crippen LogP contribution >= 0.6 is 23.1 Å². The van der Waals surface area contributed by atoms with Gasteiger partial charge in [-0.05, 0) is 31.9 Å². The number of thiazole rings is 1. The van der Waals surface area contributed by atoms with Crippen LogP contribution in [0, 0.1) is 0 Å². The lowest BCUT2D eigenvalue weighted by molar-refractivity contribution is 0.419. The van der Waals surface area contributed by atoms with Gasteiger partial charge in [-0.2, -0.15) is 11.8 Å². The number of nitrogens with one attached hydrogen (secondary N) is 2. The zero-order chi connectivity index (χ0) is 15.8. The van der Waals surface area contributed by atoms with Gasteiger partial charge in [-0.25, -0.2) is 4.98 Å². The molecule has 2 unspecified atom stereocenters. The molecule has 0 radical (unpaired) electrons. The second-order valence-corrected chi connectivity index (χ2v) is 8.03. The van der Waals surface area contributed by atoms with Crippen LogP contribution in [0.4, 0.5) is 0 Å². The van der Waals surface area contributed by atoms with Gasteiger partial charge in [0.2, 0.25) is 0 Å². The largest absolute Gasteiger partial charge is 0.356 e. The maximum absolute atomic E-state index is 4.46. The van der Waals surface area contributed by atoms with Crippen molar-refractivity contribution >= 4 is 29.1 Å². The van der Waals surface area contributed by atoms with E-state index in [1.165, 1.54) is 35.6 Å². The summed E-state index contributed by atoms with van der Waals surface area (Å²) in [5, 5.41) is 9.01. The first-order chi connectivity index (χ1) is 10.7. The molecule has 0 aliphatic heterocycles. The molecule has 0 bridgehead atoms. The molecule has 1 aromatic rings. The number of aryl methyl sites for hydroxylation is 1. The van der Waals surface area contributed by atoms with Crippen LogP contribution in [0.15, 0.2) is 11.2 Å². The van der Waals surface area contributed by atoms with E-state index in [-0.39, 0.29) is 0 Å². The standard InChI is InChI=1S/C16H28N4S2/c1-4-13-11-19-15(22-13)8-9-18-16(17-2)20-12-6-5-7-14(10-12)21-3/h11-12,14H,4-10H2,1-3H3,(H2,17,18,20). The maximum atomic E-state index is 4.46. The molecule has 2 N–H and O–H groups in total. The summed E-state index contributed by atoms with van der Waals surface area (Å²) in [6.45, 7) is 3.06. The van der Waals surface area contributed by atoms with E-state index >= 15 is 0 Å². The van der Waals surface area contributed by atoms with E-state index < -0.39 is 0 Å². The van der Waals surface area contributed by atoms with Crippen molar-refractivity contribution in [3.05, 3.63) is 16.1 Å². The van der Waals surface area contributed by atoms with E-state index in [2.05, 4.69) is 33.8 Å². The lowest BCUT2D eigenvalue weighted by Gasteiger charge is -2.29. The van der Waals surface area contributed by atoms with Crippen molar-refractivity contribution in [1.29, 1.82) is 0 Å². The van der Waals surface area contributed by atoms with Gasteiger partial charge in [0, 0.05) is 42.4 Å². The molecular formula is C16H28N4S2. The zero-order valence-electron chi connectivity index (χ0n) is 13.9. The van der Waals surface area contributed by atoms with E-state index in [9.17, 15) is 0 Å². The van der Waals surface area contributed by atoms with Crippen LogP contribution < -0.4 is 10.6 Å². The van der Waals surface area contributed by atoms with Gasteiger partial charge in [0.05, 0.1) is 5.01 Å². The molecule has 0 spiro atoms. The third-order valence-corrected chi connectivity index (χ3v) is 6.40. The third-order valence-electron chi connectivity index (χ3n) is 4.11. The summed E-state index contributed by atoms with van der Waals surface area (Å²) in [6, 6.07) is 0.559. The van der Waals surface area contributed by atoms with E-state index in [1.54, 1.807) is 0 Å². The van der Waals surface area contributed by atoms with E-state index in [4.69, 9.17) is 0 Å². The average molecular weight is 341 g/mol. The van der Waals surface area contributed by atoms with Gasteiger partial charge in [-0.1, -0.05) is 13.3 Å². The summed E-state index contributed by atoms with van der Waals surface area (Å²) in [7, 11) is 1.85. The van der Waals surface area contributed by atoms with Crippen LogP contribution in [0.25, 0.3) is 0 Å². The van der Waals surface area contributed by atoms with Crippen LogP contribution in [0.5, 0.6) is 0 Å². The van der Waals surface area contributed by atoms with Crippen molar-refractivity contribution in [1.82, 2.24) is 15.6 Å². The smallest absolute Gasteiger partial charge is 0.191 e. The maximum Gasteiger partial charge on any atom is 0.191 e. The molecule has 124 valence electrons. The molecule has 1 saturated carbocycles. The van der Waals surface area contributed by atoms with Gasteiger partial charge in [-0.15, -0.1) is 11.3 Å². The number of guanidine groups is 1. The molecule has 2 rings (SSSR count). The predicted octanol–water partition coefficient (Wildman–Crippen LogP) is 3.09. The first-order valence-electron chi connectivity index (χ1n) is 8.18. The highest BCUT2D eigenvalue weighted by atomic mass is 32.2. The quantitative estimate of drug-likeness (QED) is 0.617. The van der Waals surface area contributed by atoms with Crippen molar-refractivity contribution in [2.24, 2.45) is 4.99 Å². The van der Waals surface area contributed by atoms with Crippen molar-refractivity contribution in [3.8, 4) is 0 Å². The molecule has 1 aliphatic rings. The summed E-state index contributed by atoms with van der Waals surface area (Å²) in [6.07, 6.45) is 11.4. The average Bonchev–Trinajstić information content (AvgIpc) is 3.02. The minimum Gasteiger partial charge on any atom is -0.356 e. The molecule has 6 heteroatoms. The van der Waals surface area contributed by atoms with Crippen molar-refractivity contribution in [3.63, 3.8) is 0 Å². The molecule has 1 fully saturated rings. The normalized spacial score (nSPS) is 22.6. The Morgan fingerprint density at radius 1 is 1.50 bits per heavy atom. The minimum atomic E-state index is 0.559. The molecular weight excluding hydrogens is 312 g/mol. The Hall–Kier alpha value is -0.750. The fraction of sp³-hybridized carbons (Fsp3) is 0.750. The van der Waals surface area contributed by atoms with E-state index in [0.717, 1.165) is 30.6 Å². The molecule has 2 atom stereocenters. The Labute approximate surface area is 142 Å². The summed E-state index contributed by atoms with van der Waals surface area (Å²) >= 11 is 3.81. The molecule has 22 heavy (non-hydrogen) atoms. The SMILES string of the molecule is CCc1cnc(CCNC(=NC)NC2CCCC(SC)C2)s1. The lowest BCUT2D eigenvalue weighted by atomic mass is 9.95. The Morgan fingerprint density at radius 3 is 3.05 bits per heavy atom. The Kier molecular flexibility index (Phi) is 7.52. The number of hydrogen-bond donors (Lipinski definition) is 2. The molecule has 1 aliphatic carbocycles. The van der Waals surface area contributed by atoms with Crippen LogP contribution in [-0.4, -0.2) is 42.1 Å². The van der Waals surface area contributed by atoms with Gasteiger partial charge in [0.1, 0.15) is 0 Å². The lowest BCUT2D eigenvalue weighted by Crippen LogP contribution is -2.46. The van der Waals surface area contributed by atoms with Crippen LogP contribution in [0.2, 0.25) is 0 Å². The summed E-state index contributed by atoms with van der Waals surface area (Å²) in [5.74, 6) is 0.930. The van der Waals surface area contributed by atoms with Crippen molar-refractivity contribution in [2.45, 2.75) is 56.7 Å². The van der Waals surface area contributed by atoms with Gasteiger partial charge < -0.3 is 10.6 Å². The number of aliphatic imine (C=N–C) groups is 1. The fourth-order valence-corrected chi connectivity index (χ4v) is 4.48. The third kappa shape index (κ3) is 5.47. The molecule has 4 nitrogen and oxygen atoms in total.